The average molecular weight is 223 g/mol. The second-order valence-corrected chi connectivity index (χ2v) is 4.49. The molecule has 3 atom stereocenters. The Kier molecular flexibility index (Phi) is 4.74. The maximum absolute atomic E-state index is 9.25. The van der Waals surface area contributed by atoms with Gasteiger partial charge in [-0.2, -0.15) is 0 Å². The van der Waals surface area contributed by atoms with E-state index in [4.69, 9.17) is 10.8 Å². The van der Waals surface area contributed by atoms with E-state index in [0.717, 1.165) is 30.4 Å². The molecule has 0 radical (unpaired) electrons. The highest BCUT2D eigenvalue weighted by atomic mass is 16.4. The minimum absolute atomic E-state index is 0.823. The number of hydrogen-bond acceptors (Lipinski definition) is 2. The van der Waals surface area contributed by atoms with Crippen LogP contribution in [-0.2, 0) is 4.79 Å². The molecule has 0 aliphatic heterocycles. The van der Waals surface area contributed by atoms with Crippen molar-refractivity contribution in [2.45, 2.75) is 26.2 Å². The Morgan fingerprint density at radius 3 is 2.81 bits per heavy atom. The molecule has 16 heavy (non-hydrogen) atoms. The number of hydrogen-bond donors (Lipinski definition) is 2. The molecule has 0 amide bonds. The third-order valence-corrected chi connectivity index (χ3v) is 3.58. The highest BCUT2D eigenvalue weighted by Crippen LogP contribution is 2.49. The SMILES string of the molecule is C=CC(=O)O.CCC1=C[C@H]2[C@H](CN)C[C@H]2C1. The molecule has 0 saturated heterocycles. The first-order valence-corrected chi connectivity index (χ1v) is 5.87. The topological polar surface area (TPSA) is 63.3 Å². The molecule has 3 N–H and O–H groups in total. The fraction of sp³-hybridized carbons (Fsp3) is 0.615. The van der Waals surface area contributed by atoms with Crippen molar-refractivity contribution in [3.05, 3.63) is 24.3 Å². The van der Waals surface area contributed by atoms with Crippen molar-refractivity contribution in [3.8, 4) is 0 Å². The number of aliphatic carboxylic acids is 1. The summed E-state index contributed by atoms with van der Waals surface area (Å²) in [6.07, 6.45) is 7.34. The zero-order valence-electron chi connectivity index (χ0n) is 9.86. The second-order valence-electron chi connectivity index (χ2n) is 4.49. The molecule has 1 fully saturated rings. The van der Waals surface area contributed by atoms with Crippen LogP contribution in [0.1, 0.15) is 26.2 Å². The minimum atomic E-state index is -0.981. The van der Waals surface area contributed by atoms with Crippen LogP contribution in [0.5, 0.6) is 0 Å². The van der Waals surface area contributed by atoms with Gasteiger partial charge < -0.3 is 10.8 Å². The molecule has 0 bridgehead atoms. The van der Waals surface area contributed by atoms with Gasteiger partial charge >= 0.3 is 5.97 Å². The van der Waals surface area contributed by atoms with Gasteiger partial charge in [-0.1, -0.05) is 25.2 Å². The van der Waals surface area contributed by atoms with E-state index >= 15 is 0 Å². The monoisotopic (exact) mass is 223 g/mol. The van der Waals surface area contributed by atoms with E-state index in [-0.39, 0.29) is 0 Å². The predicted molar refractivity (Wildman–Crippen MR) is 65.0 cm³/mol. The maximum Gasteiger partial charge on any atom is 0.327 e. The first-order valence-electron chi connectivity index (χ1n) is 5.87. The van der Waals surface area contributed by atoms with Gasteiger partial charge in [-0.3, -0.25) is 0 Å². The van der Waals surface area contributed by atoms with E-state index in [0.29, 0.717) is 0 Å². The van der Waals surface area contributed by atoms with Crippen LogP contribution in [0.3, 0.4) is 0 Å². The Bertz CT molecular complexity index is 296. The van der Waals surface area contributed by atoms with Gasteiger partial charge in [0.25, 0.3) is 0 Å². The number of carboxylic acids is 1. The van der Waals surface area contributed by atoms with Crippen molar-refractivity contribution in [3.63, 3.8) is 0 Å². The van der Waals surface area contributed by atoms with Crippen LogP contribution in [0.2, 0.25) is 0 Å². The van der Waals surface area contributed by atoms with Crippen LogP contribution in [0.15, 0.2) is 24.3 Å². The van der Waals surface area contributed by atoms with Gasteiger partial charge in [0.1, 0.15) is 0 Å². The largest absolute Gasteiger partial charge is 0.478 e. The molecular weight excluding hydrogens is 202 g/mol. The summed E-state index contributed by atoms with van der Waals surface area (Å²) in [4.78, 5) is 9.25. The van der Waals surface area contributed by atoms with Crippen molar-refractivity contribution < 1.29 is 9.90 Å². The van der Waals surface area contributed by atoms with Gasteiger partial charge in [-0.15, -0.1) is 0 Å². The Balaban J connectivity index is 0.000000221. The third kappa shape index (κ3) is 2.95. The number of allylic oxidation sites excluding steroid dienone is 2. The quantitative estimate of drug-likeness (QED) is 0.569. The molecule has 0 aromatic carbocycles. The highest BCUT2D eigenvalue weighted by molar-refractivity contribution is 5.78. The Hall–Kier alpha value is -1.09. The van der Waals surface area contributed by atoms with Crippen LogP contribution in [0.4, 0.5) is 0 Å². The summed E-state index contributed by atoms with van der Waals surface area (Å²) >= 11 is 0. The van der Waals surface area contributed by atoms with E-state index in [2.05, 4.69) is 19.6 Å². The van der Waals surface area contributed by atoms with Crippen LogP contribution in [0.25, 0.3) is 0 Å². The smallest absolute Gasteiger partial charge is 0.327 e. The number of nitrogens with two attached hydrogens (primary N) is 1. The lowest BCUT2D eigenvalue weighted by Crippen LogP contribution is -2.37. The van der Waals surface area contributed by atoms with Crippen LogP contribution < -0.4 is 5.73 Å². The lowest BCUT2D eigenvalue weighted by molar-refractivity contribution is -0.131. The van der Waals surface area contributed by atoms with Gasteiger partial charge in [0.15, 0.2) is 0 Å². The predicted octanol–water partition coefficient (Wildman–Crippen LogP) is 2.19. The summed E-state index contributed by atoms with van der Waals surface area (Å²) in [5.74, 6) is 1.70. The molecule has 2 rings (SSSR count). The van der Waals surface area contributed by atoms with Gasteiger partial charge in [-0.05, 0) is 43.6 Å². The molecule has 0 unspecified atom stereocenters. The molecular formula is C13H21NO2. The number of carboxylic acid groups (broad SMARTS) is 1. The van der Waals surface area contributed by atoms with Gasteiger partial charge in [0, 0.05) is 6.08 Å². The van der Waals surface area contributed by atoms with Gasteiger partial charge in [0.05, 0.1) is 0 Å². The lowest BCUT2D eigenvalue weighted by Gasteiger charge is -2.39. The third-order valence-electron chi connectivity index (χ3n) is 3.58. The van der Waals surface area contributed by atoms with Crippen LogP contribution in [0, 0.1) is 17.8 Å². The molecule has 3 nitrogen and oxygen atoms in total. The normalized spacial score (nSPS) is 30.4. The first kappa shape index (κ1) is 13.0. The highest BCUT2D eigenvalue weighted by Gasteiger charge is 2.41. The van der Waals surface area contributed by atoms with Crippen LogP contribution >= 0.6 is 0 Å². The summed E-state index contributed by atoms with van der Waals surface area (Å²) in [5.41, 5.74) is 7.32. The standard InChI is InChI=1S/C10H17N.C3H4O2/c1-2-7-3-8-5-9(6-11)10(8)4-7;1-2-3(4)5/h4,8-10H,2-3,5-6,11H2,1H3;2H,1H2,(H,4,5)/t8-,9+,10-;/m1./s1. The second kappa shape index (κ2) is 5.85. The fourth-order valence-electron chi connectivity index (χ4n) is 2.58. The van der Waals surface area contributed by atoms with Gasteiger partial charge in [0.2, 0.25) is 0 Å². The summed E-state index contributed by atoms with van der Waals surface area (Å²) < 4.78 is 0. The van der Waals surface area contributed by atoms with E-state index in [1.165, 1.54) is 19.3 Å². The van der Waals surface area contributed by atoms with Crippen molar-refractivity contribution in [1.29, 1.82) is 0 Å². The summed E-state index contributed by atoms with van der Waals surface area (Å²) in [6.45, 7) is 6.12. The minimum Gasteiger partial charge on any atom is -0.478 e. The maximum atomic E-state index is 9.25. The Labute approximate surface area is 97.0 Å². The molecule has 0 spiro atoms. The molecule has 2 aliphatic carbocycles. The van der Waals surface area contributed by atoms with Crippen molar-refractivity contribution in [2.24, 2.45) is 23.5 Å². The van der Waals surface area contributed by atoms with E-state index in [1.54, 1.807) is 5.57 Å². The van der Waals surface area contributed by atoms with Gasteiger partial charge in [-0.25, -0.2) is 4.79 Å². The molecule has 1 saturated carbocycles. The lowest BCUT2D eigenvalue weighted by atomic mass is 9.66. The Morgan fingerprint density at radius 2 is 2.38 bits per heavy atom. The first-order chi connectivity index (χ1) is 7.62. The molecule has 3 heteroatoms. The molecule has 90 valence electrons. The van der Waals surface area contributed by atoms with Crippen LogP contribution in [-0.4, -0.2) is 17.6 Å². The molecule has 2 aliphatic rings. The van der Waals surface area contributed by atoms with E-state index < -0.39 is 5.97 Å². The number of carbonyl (C=O) groups is 1. The number of rotatable bonds is 3. The van der Waals surface area contributed by atoms with Crippen molar-refractivity contribution in [1.82, 2.24) is 0 Å². The molecule has 0 heterocycles. The summed E-state index contributed by atoms with van der Waals surface area (Å²) in [7, 11) is 0. The molecule has 0 aromatic rings. The summed E-state index contributed by atoms with van der Waals surface area (Å²) in [6, 6.07) is 0. The Morgan fingerprint density at radius 1 is 1.75 bits per heavy atom. The molecule has 0 aromatic heterocycles. The zero-order chi connectivity index (χ0) is 12.1. The van der Waals surface area contributed by atoms with E-state index in [1.807, 2.05) is 0 Å². The van der Waals surface area contributed by atoms with E-state index in [9.17, 15) is 4.79 Å². The van der Waals surface area contributed by atoms with Crippen molar-refractivity contribution >= 4 is 5.97 Å². The zero-order valence-corrected chi connectivity index (χ0v) is 9.86. The van der Waals surface area contributed by atoms with Crippen molar-refractivity contribution in [2.75, 3.05) is 6.54 Å². The fourth-order valence-corrected chi connectivity index (χ4v) is 2.58. The summed E-state index contributed by atoms with van der Waals surface area (Å²) in [5, 5.41) is 7.60. The average Bonchev–Trinajstić information content (AvgIpc) is 2.58. The number of fused-ring (bicyclic) bond motifs is 1.